The number of hydrogen-bond donors (Lipinski definition) is 1. The number of anilines is 2. The van der Waals surface area contributed by atoms with Crippen LogP contribution in [0, 0.1) is 0 Å². The number of hydrogen-bond acceptors (Lipinski definition) is 4. The standard InChI is InChI=1S/C18H17F3N4O2/c19-18(20,21)14-1-3-15(4-2-14)23-16-11-13(5-6-22-16)17(27)25-9-7-24(12-26)8-10-25/h1-6,11-12H,7-10H2,(H,22,23). The number of carbonyl (C=O) groups is 2. The molecule has 0 bridgehead atoms. The number of nitrogens with one attached hydrogen (secondary N) is 1. The van der Waals surface area contributed by atoms with Gasteiger partial charge in [-0.3, -0.25) is 9.59 Å². The van der Waals surface area contributed by atoms with Gasteiger partial charge in [0.2, 0.25) is 6.41 Å². The first kappa shape index (κ1) is 18.7. The number of pyridine rings is 1. The molecule has 0 spiro atoms. The van der Waals surface area contributed by atoms with Crippen molar-refractivity contribution >= 4 is 23.8 Å². The van der Waals surface area contributed by atoms with Gasteiger partial charge in [-0.15, -0.1) is 0 Å². The Balaban J connectivity index is 1.68. The number of piperazine rings is 1. The summed E-state index contributed by atoms with van der Waals surface area (Å²) in [5.41, 5.74) is 0.109. The number of aromatic nitrogens is 1. The smallest absolute Gasteiger partial charge is 0.342 e. The zero-order valence-electron chi connectivity index (χ0n) is 14.2. The number of carbonyl (C=O) groups excluding carboxylic acids is 2. The van der Waals surface area contributed by atoms with Crippen molar-refractivity contribution in [1.82, 2.24) is 14.8 Å². The Kier molecular flexibility index (Phi) is 5.29. The summed E-state index contributed by atoms with van der Waals surface area (Å²) in [4.78, 5) is 30.7. The van der Waals surface area contributed by atoms with E-state index >= 15 is 0 Å². The van der Waals surface area contributed by atoms with E-state index in [1.165, 1.54) is 18.3 Å². The second kappa shape index (κ2) is 7.65. The first-order valence-electron chi connectivity index (χ1n) is 8.26. The second-order valence-corrected chi connectivity index (χ2v) is 6.06. The predicted octanol–water partition coefficient (Wildman–Crippen LogP) is 2.76. The van der Waals surface area contributed by atoms with Gasteiger partial charge in [-0.05, 0) is 36.4 Å². The fourth-order valence-electron chi connectivity index (χ4n) is 2.74. The molecule has 27 heavy (non-hydrogen) atoms. The summed E-state index contributed by atoms with van der Waals surface area (Å²) < 4.78 is 37.8. The fourth-order valence-corrected chi connectivity index (χ4v) is 2.74. The van der Waals surface area contributed by atoms with Crippen molar-refractivity contribution in [2.75, 3.05) is 31.5 Å². The van der Waals surface area contributed by atoms with Crippen LogP contribution in [-0.2, 0) is 11.0 Å². The maximum absolute atomic E-state index is 12.6. The molecule has 0 saturated carbocycles. The van der Waals surface area contributed by atoms with E-state index in [9.17, 15) is 22.8 Å². The van der Waals surface area contributed by atoms with Crippen molar-refractivity contribution < 1.29 is 22.8 Å². The van der Waals surface area contributed by atoms with E-state index < -0.39 is 11.7 Å². The summed E-state index contributed by atoms with van der Waals surface area (Å²) in [6.07, 6.45) is -2.17. The Bertz CT molecular complexity index is 816. The normalized spacial score (nSPS) is 14.8. The van der Waals surface area contributed by atoms with E-state index in [0.717, 1.165) is 18.5 Å². The molecule has 0 unspecified atom stereocenters. The highest BCUT2D eigenvalue weighted by atomic mass is 19.4. The minimum Gasteiger partial charge on any atom is -0.342 e. The van der Waals surface area contributed by atoms with Gasteiger partial charge in [0, 0.05) is 43.6 Å². The molecule has 1 aromatic heterocycles. The van der Waals surface area contributed by atoms with E-state index in [1.807, 2.05) is 0 Å². The highest BCUT2D eigenvalue weighted by molar-refractivity contribution is 5.95. The zero-order chi connectivity index (χ0) is 19.4. The molecular formula is C18H17F3N4O2. The maximum Gasteiger partial charge on any atom is 0.416 e. The molecule has 142 valence electrons. The van der Waals surface area contributed by atoms with E-state index in [-0.39, 0.29) is 5.91 Å². The Morgan fingerprint density at radius 1 is 1.07 bits per heavy atom. The first-order chi connectivity index (χ1) is 12.9. The Morgan fingerprint density at radius 2 is 1.74 bits per heavy atom. The molecule has 6 nitrogen and oxygen atoms in total. The molecule has 2 aromatic rings. The molecule has 1 N–H and O–H groups in total. The fraction of sp³-hybridized carbons (Fsp3) is 0.278. The van der Waals surface area contributed by atoms with Gasteiger partial charge < -0.3 is 15.1 Å². The lowest BCUT2D eigenvalue weighted by atomic mass is 10.2. The molecule has 0 aliphatic carbocycles. The molecule has 1 fully saturated rings. The predicted molar refractivity (Wildman–Crippen MR) is 92.5 cm³/mol. The summed E-state index contributed by atoms with van der Waals surface area (Å²) in [5, 5.41) is 2.89. The second-order valence-electron chi connectivity index (χ2n) is 6.06. The van der Waals surface area contributed by atoms with Gasteiger partial charge in [-0.1, -0.05) is 0 Å². The maximum atomic E-state index is 12.6. The summed E-state index contributed by atoms with van der Waals surface area (Å²) in [7, 11) is 0. The van der Waals surface area contributed by atoms with Crippen LogP contribution in [0.5, 0.6) is 0 Å². The number of halogens is 3. The van der Waals surface area contributed by atoms with Crippen LogP contribution < -0.4 is 5.32 Å². The molecule has 2 amide bonds. The van der Waals surface area contributed by atoms with Crippen molar-refractivity contribution in [3.05, 3.63) is 53.7 Å². The molecule has 1 saturated heterocycles. The van der Waals surface area contributed by atoms with Crippen molar-refractivity contribution in [2.24, 2.45) is 0 Å². The van der Waals surface area contributed by atoms with Crippen LogP contribution in [0.4, 0.5) is 24.7 Å². The summed E-state index contributed by atoms with van der Waals surface area (Å²) >= 11 is 0. The van der Waals surface area contributed by atoms with Crippen LogP contribution in [0.2, 0.25) is 0 Å². The third-order valence-corrected chi connectivity index (χ3v) is 4.24. The van der Waals surface area contributed by atoms with E-state index in [0.29, 0.717) is 43.2 Å². The average Bonchev–Trinajstić information content (AvgIpc) is 2.67. The number of nitrogens with zero attached hydrogens (tertiary/aromatic N) is 3. The van der Waals surface area contributed by atoms with E-state index in [4.69, 9.17) is 0 Å². The molecule has 2 heterocycles. The molecule has 0 atom stereocenters. The average molecular weight is 378 g/mol. The highest BCUT2D eigenvalue weighted by Gasteiger charge is 2.30. The highest BCUT2D eigenvalue weighted by Crippen LogP contribution is 2.30. The summed E-state index contributed by atoms with van der Waals surface area (Å²) in [6, 6.07) is 7.68. The van der Waals surface area contributed by atoms with Crippen molar-refractivity contribution in [1.29, 1.82) is 0 Å². The minimum atomic E-state index is -4.39. The van der Waals surface area contributed by atoms with Gasteiger partial charge in [0.25, 0.3) is 5.91 Å². The van der Waals surface area contributed by atoms with Crippen LogP contribution in [-0.4, -0.2) is 53.3 Å². The third kappa shape index (κ3) is 4.55. The van der Waals surface area contributed by atoms with Gasteiger partial charge in [0.05, 0.1) is 5.56 Å². The zero-order valence-corrected chi connectivity index (χ0v) is 14.2. The lowest BCUT2D eigenvalue weighted by molar-refractivity contribution is -0.137. The van der Waals surface area contributed by atoms with E-state index in [1.54, 1.807) is 21.9 Å². The monoisotopic (exact) mass is 378 g/mol. The van der Waals surface area contributed by atoms with Gasteiger partial charge in [0.1, 0.15) is 5.82 Å². The van der Waals surface area contributed by atoms with Crippen molar-refractivity contribution in [3.63, 3.8) is 0 Å². The summed E-state index contributed by atoms with van der Waals surface area (Å²) in [6.45, 7) is 1.86. The number of alkyl halides is 3. The number of amides is 2. The molecular weight excluding hydrogens is 361 g/mol. The van der Waals surface area contributed by atoms with Crippen LogP contribution in [0.3, 0.4) is 0 Å². The van der Waals surface area contributed by atoms with Crippen molar-refractivity contribution in [3.8, 4) is 0 Å². The molecule has 0 radical (unpaired) electrons. The van der Waals surface area contributed by atoms with Crippen LogP contribution in [0.1, 0.15) is 15.9 Å². The largest absolute Gasteiger partial charge is 0.416 e. The SMILES string of the molecule is O=CN1CCN(C(=O)c2ccnc(Nc3ccc(C(F)(F)F)cc3)c2)CC1. The topological polar surface area (TPSA) is 65.5 Å². The van der Waals surface area contributed by atoms with Crippen molar-refractivity contribution in [2.45, 2.75) is 6.18 Å². The quantitative estimate of drug-likeness (QED) is 0.831. The molecule has 1 aromatic carbocycles. The molecule has 1 aliphatic rings. The Morgan fingerprint density at radius 3 is 2.33 bits per heavy atom. The van der Waals surface area contributed by atoms with Gasteiger partial charge in [-0.2, -0.15) is 13.2 Å². The molecule has 1 aliphatic heterocycles. The first-order valence-corrected chi connectivity index (χ1v) is 8.26. The lowest BCUT2D eigenvalue weighted by Gasteiger charge is -2.32. The molecule has 3 rings (SSSR count). The Labute approximate surface area is 153 Å². The third-order valence-electron chi connectivity index (χ3n) is 4.24. The number of rotatable bonds is 4. The van der Waals surface area contributed by atoms with Gasteiger partial charge in [-0.25, -0.2) is 4.98 Å². The molecule has 9 heteroatoms. The van der Waals surface area contributed by atoms with Crippen LogP contribution in [0.25, 0.3) is 0 Å². The van der Waals surface area contributed by atoms with Gasteiger partial charge in [0.15, 0.2) is 0 Å². The van der Waals surface area contributed by atoms with E-state index in [2.05, 4.69) is 10.3 Å². The van der Waals surface area contributed by atoms with Crippen LogP contribution in [0.15, 0.2) is 42.6 Å². The van der Waals surface area contributed by atoms with Crippen LogP contribution >= 0.6 is 0 Å². The summed E-state index contributed by atoms with van der Waals surface area (Å²) in [5.74, 6) is 0.172. The van der Waals surface area contributed by atoms with Gasteiger partial charge >= 0.3 is 6.18 Å². The minimum absolute atomic E-state index is 0.182. The Hall–Kier alpha value is -3.10. The number of benzene rings is 1. The lowest BCUT2D eigenvalue weighted by Crippen LogP contribution is -2.48.